The summed E-state index contributed by atoms with van der Waals surface area (Å²) in [6.07, 6.45) is 12.5. The Balaban J connectivity index is 1.93. The molecule has 106 valence electrons. The molecule has 2 heteroatoms. The predicted octanol–water partition coefficient (Wildman–Crippen LogP) is 3.74. The van der Waals surface area contributed by atoms with Crippen molar-refractivity contribution >= 4 is 0 Å². The van der Waals surface area contributed by atoms with Gasteiger partial charge in [0.05, 0.1) is 6.10 Å². The Morgan fingerprint density at radius 2 is 1.61 bits per heavy atom. The summed E-state index contributed by atoms with van der Waals surface area (Å²) in [7, 11) is 1.87. The summed E-state index contributed by atoms with van der Waals surface area (Å²) in [5.74, 6) is 2.27. The Morgan fingerprint density at radius 3 is 2.22 bits per heavy atom. The molecule has 0 aromatic carbocycles. The van der Waals surface area contributed by atoms with Gasteiger partial charge in [0.1, 0.15) is 0 Å². The molecule has 2 fully saturated rings. The van der Waals surface area contributed by atoms with E-state index in [-0.39, 0.29) is 6.04 Å². The van der Waals surface area contributed by atoms with Crippen LogP contribution in [0.5, 0.6) is 0 Å². The fraction of sp³-hybridized carbons (Fsp3) is 1.00. The normalized spacial score (nSPS) is 34.2. The first-order valence-corrected chi connectivity index (χ1v) is 8.00. The van der Waals surface area contributed by atoms with Crippen LogP contribution in [-0.4, -0.2) is 19.3 Å². The van der Waals surface area contributed by atoms with Crippen molar-refractivity contribution in [1.82, 2.24) is 0 Å². The molecule has 0 aliphatic heterocycles. The summed E-state index contributed by atoms with van der Waals surface area (Å²) < 4.78 is 5.82. The van der Waals surface area contributed by atoms with Crippen LogP contribution in [0.2, 0.25) is 0 Å². The zero-order valence-electron chi connectivity index (χ0n) is 12.2. The molecular formula is C16H31NO. The first-order valence-electron chi connectivity index (χ1n) is 8.00. The fourth-order valence-electron chi connectivity index (χ4n) is 4.23. The van der Waals surface area contributed by atoms with Gasteiger partial charge in [0.2, 0.25) is 0 Å². The number of rotatable bonds is 4. The highest BCUT2D eigenvalue weighted by Crippen LogP contribution is 2.36. The topological polar surface area (TPSA) is 35.2 Å². The van der Waals surface area contributed by atoms with Crippen LogP contribution in [0.3, 0.4) is 0 Å². The van der Waals surface area contributed by atoms with Gasteiger partial charge in [-0.15, -0.1) is 0 Å². The van der Waals surface area contributed by atoms with Gasteiger partial charge < -0.3 is 10.5 Å². The maximum Gasteiger partial charge on any atom is 0.0752 e. The number of hydrogen-bond acceptors (Lipinski definition) is 2. The summed E-state index contributed by atoms with van der Waals surface area (Å²) in [5.41, 5.74) is 6.57. The number of hydrogen-bond donors (Lipinski definition) is 1. The average Bonchev–Trinajstić information content (AvgIpc) is 2.41. The lowest BCUT2D eigenvalue weighted by atomic mass is 9.73. The van der Waals surface area contributed by atoms with Crippen LogP contribution in [0, 0.1) is 17.8 Å². The van der Waals surface area contributed by atoms with Crippen molar-refractivity contribution in [3.8, 4) is 0 Å². The maximum absolute atomic E-state index is 6.57. The molecule has 0 spiro atoms. The smallest absolute Gasteiger partial charge is 0.0752 e. The van der Waals surface area contributed by atoms with Crippen molar-refractivity contribution in [2.75, 3.05) is 7.11 Å². The summed E-state index contributed by atoms with van der Waals surface area (Å²) in [4.78, 5) is 0. The van der Waals surface area contributed by atoms with E-state index in [0.29, 0.717) is 12.0 Å². The second kappa shape index (κ2) is 6.91. The van der Waals surface area contributed by atoms with Crippen LogP contribution < -0.4 is 5.73 Å². The van der Waals surface area contributed by atoms with Crippen LogP contribution in [0.15, 0.2) is 0 Å². The summed E-state index contributed by atoms with van der Waals surface area (Å²) in [5, 5.41) is 0. The highest BCUT2D eigenvalue weighted by atomic mass is 16.5. The highest BCUT2D eigenvalue weighted by molar-refractivity contribution is 4.89. The molecule has 0 radical (unpaired) electrons. The quantitative estimate of drug-likeness (QED) is 0.828. The van der Waals surface area contributed by atoms with Crippen LogP contribution in [0.25, 0.3) is 0 Å². The van der Waals surface area contributed by atoms with Gasteiger partial charge >= 0.3 is 0 Å². The van der Waals surface area contributed by atoms with Crippen molar-refractivity contribution in [3.63, 3.8) is 0 Å². The second-order valence-corrected chi connectivity index (χ2v) is 6.71. The summed E-state index contributed by atoms with van der Waals surface area (Å²) in [6, 6.07) is 0.265. The molecule has 0 amide bonds. The third kappa shape index (κ3) is 3.48. The van der Waals surface area contributed by atoms with Crippen LogP contribution in [0.4, 0.5) is 0 Å². The van der Waals surface area contributed by atoms with E-state index in [1.165, 1.54) is 57.8 Å². The number of ether oxygens (including phenoxy) is 1. The molecule has 2 aliphatic carbocycles. The Kier molecular flexibility index (Phi) is 5.50. The van der Waals surface area contributed by atoms with Crippen molar-refractivity contribution in [1.29, 1.82) is 0 Å². The lowest BCUT2D eigenvalue weighted by Gasteiger charge is -2.39. The lowest BCUT2D eigenvalue weighted by Crippen LogP contribution is -2.48. The molecule has 0 bridgehead atoms. The zero-order valence-corrected chi connectivity index (χ0v) is 12.2. The van der Waals surface area contributed by atoms with E-state index in [2.05, 4.69) is 6.92 Å². The molecule has 2 rings (SSSR count). The number of nitrogens with two attached hydrogens (primary N) is 1. The second-order valence-electron chi connectivity index (χ2n) is 6.71. The van der Waals surface area contributed by atoms with E-state index in [9.17, 15) is 0 Å². The third-order valence-corrected chi connectivity index (χ3v) is 5.29. The zero-order chi connectivity index (χ0) is 13.0. The fourth-order valence-corrected chi connectivity index (χ4v) is 4.23. The van der Waals surface area contributed by atoms with Crippen molar-refractivity contribution in [2.24, 2.45) is 23.5 Å². The first-order chi connectivity index (χ1) is 8.72. The average molecular weight is 253 g/mol. The van der Waals surface area contributed by atoms with Crippen molar-refractivity contribution in [3.05, 3.63) is 0 Å². The highest BCUT2D eigenvalue weighted by Gasteiger charge is 2.34. The molecular weight excluding hydrogens is 222 g/mol. The van der Waals surface area contributed by atoms with Crippen molar-refractivity contribution in [2.45, 2.75) is 76.9 Å². The van der Waals surface area contributed by atoms with Gasteiger partial charge in [-0.3, -0.25) is 0 Å². The minimum atomic E-state index is 0.265. The summed E-state index contributed by atoms with van der Waals surface area (Å²) in [6.45, 7) is 2.38. The van der Waals surface area contributed by atoms with E-state index < -0.39 is 0 Å². The van der Waals surface area contributed by atoms with E-state index >= 15 is 0 Å². The van der Waals surface area contributed by atoms with Gasteiger partial charge in [-0.05, 0) is 43.4 Å². The van der Waals surface area contributed by atoms with Gasteiger partial charge in [0.25, 0.3) is 0 Å². The van der Waals surface area contributed by atoms with Crippen LogP contribution in [-0.2, 0) is 4.74 Å². The maximum atomic E-state index is 6.57. The van der Waals surface area contributed by atoms with Gasteiger partial charge in [-0.25, -0.2) is 0 Å². The number of methoxy groups -OCH3 is 1. The van der Waals surface area contributed by atoms with Crippen molar-refractivity contribution < 1.29 is 4.74 Å². The summed E-state index contributed by atoms with van der Waals surface area (Å²) >= 11 is 0. The van der Waals surface area contributed by atoms with Gasteiger partial charge in [0.15, 0.2) is 0 Å². The Morgan fingerprint density at radius 1 is 0.944 bits per heavy atom. The minimum Gasteiger partial charge on any atom is -0.380 e. The molecule has 4 atom stereocenters. The van der Waals surface area contributed by atoms with E-state index in [1.54, 1.807) is 0 Å². The van der Waals surface area contributed by atoms with Crippen LogP contribution in [0.1, 0.15) is 64.7 Å². The van der Waals surface area contributed by atoms with E-state index in [4.69, 9.17) is 10.5 Å². The molecule has 2 nitrogen and oxygen atoms in total. The van der Waals surface area contributed by atoms with Gasteiger partial charge in [-0.1, -0.05) is 39.0 Å². The standard InChI is InChI=1S/C16H31NO/c1-12-7-6-10-14(11-12)15(17)16(18-2)13-8-4-3-5-9-13/h12-16H,3-11,17H2,1-2H3. The molecule has 2 N–H and O–H groups in total. The molecule has 0 aromatic heterocycles. The molecule has 2 aliphatic rings. The predicted molar refractivity (Wildman–Crippen MR) is 76.5 cm³/mol. The Hall–Kier alpha value is -0.0800. The lowest BCUT2D eigenvalue weighted by molar-refractivity contribution is -0.00400. The third-order valence-electron chi connectivity index (χ3n) is 5.29. The minimum absolute atomic E-state index is 0.265. The SMILES string of the molecule is COC(C1CCCCC1)C(N)C1CCCC(C)C1. The molecule has 18 heavy (non-hydrogen) atoms. The molecule has 2 saturated carbocycles. The largest absolute Gasteiger partial charge is 0.380 e. The molecule has 0 saturated heterocycles. The monoisotopic (exact) mass is 253 g/mol. The Labute approximate surface area is 113 Å². The molecule has 0 heterocycles. The first kappa shape index (κ1) is 14.3. The molecule has 4 unspecified atom stereocenters. The van der Waals surface area contributed by atoms with E-state index in [1.807, 2.05) is 7.11 Å². The van der Waals surface area contributed by atoms with Gasteiger partial charge in [-0.2, -0.15) is 0 Å². The van der Waals surface area contributed by atoms with Gasteiger partial charge in [0, 0.05) is 13.2 Å². The van der Waals surface area contributed by atoms with Crippen LogP contribution >= 0.6 is 0 Å². The Bertz CT molecular complexity index is 237. The molecule has 0 aromatic rings. The van der Waals surface area contributed by atoms with E-state index in [0.717, 1.165) is 11.8 Å².